The summed E-state index contributed by atoms with van der Waals surface area (Å²) in [6.45, 7) is 6.34. The molecule has 1 aromatic heterocycles. The van der Waals surface area contributed by atoms with Crippen molar-refractivity contribution in [3.05, 3.63) is 47.7 Å². The quantitative estimate of drug-likeness (QED) is 0.845. The molecule has 23 heavy (non-hydrogen) atoms. The van der Waals surface area contributed by atoms with Crippen molar-refractivity contribution in [1.82, 2.24) is 4.98 Å². The number of hydrogen-bond acceptors (Lipinski definition) is 3. The summed E-state index contributed by atoms with van der Waals surface area (Å²) in [5.74, 6) is 0.215. The van der Waals surface area contributed by atoms with Gasteiger partial charge in [-0.15, -0.1) is 0 Å². The van der Waals surface area contributed by atoms with Crippen molar-refractivity contribution in [2.45, 2.75) is 38.8 Å². The Morgan fingerprint density at radius 3 is 2.22 bits per heavy atom. The molecule has 0 radical (unpaired) electrons. The summed E-state index contributed by atoms with van der Waals surface area (Å²) in [7, 11) is 0. The predicted molar refractivity (Wildman–Crippen MR) is 83.5 cm³/mol. The molecular formula is C17H19F3N2O. The van der Waals surface area contributed by atoms with Gasteiger partial charge in [0.05, 0.1) is 5.56 Å². The average Bonchev–Trinajstić information content (AvgIpc) is 2.49. The van der Waals surface area contributed by atoms with Crippen LogP contribution in [0.2, 0.25) is 0 Å². The number of alkyl halides is 3. The lowest BCUT2D eigenvalue weighted by Gasteiger charge is -2.23. The molecule has 0 aliphatic heterocycles. The fourth-order valence-corrected chi connectivity index (χ4v) is 2.00. The van der Waals surface area contributed by atoms with Crippen LogP contribution in [0.5, 0.6) is 11.5 Å². The Bertz CT molecular complexity index is 679. The topological polar surface area (TPSA) is 48.1 Å². The minimum atomic E-state index is -4.49. The Kier molecular flexibility index (Phi) is 4.54. The van der Waals surface area contributed by atoms with Crippen LogP contribution in [0.1, 0.15) is 38.3 Å². The number of ether oxygens (including phenoxy) is 1. The SMILES string of the molecule is CCC(C)(C)c1ccc(Oc2cc(C(F)(F)F)cnc2N)cc1. The summed E-state index contributed by atoms with van der Waals surface area (Å²) in [5, 5.41) is 0. The number of nitrogen functional groups attached to an aromatic ring is 1. The molecule has 1 heterocycles. The van der Waals surface area contributed by atoms with E-state index >= 15 is 0 Å². The Morgan fingerprint density at radius 1 is 1.09 bits per heavy atom. The van der Waals surface area contributed by atoms with Crippen LogP contribution in [0.3, 0.4) is 0 Å². The van der Waals surface area contributed by atoms with E-state index in [1.807, 2.05) is 12.1 Å². The van der Waals surface area contributed by atoms with E-state index < -0.39 is 11.7 Å². The van der Waals surface area contributed by atoms with Crippen molar-refractivity contribution < 1.29 is 17.9 Å². The first-order valence-electron chi connectivity index (χ1n) is 7.24. The van der Waals surface area contributed by atoms with Crippen LogP contribution in [-0.4, -0.2) is 4.98 Å². The number of aromatic nitrogens is 1. The van der Waals surface area contributed by atoms with Crippen molar-refractivity contribution in [2.75, 3.05) is 5.73 Å². The maximum Gasteiger partial charge on any atom is 0.418 e. The van der Waals surface area contributed by atoms with Gasteiger partial charge >= 0.3 is 6.18 Å². The summed E-state index contributed by atoms with van der Waals surface area (Å²) >= 11 is 0. The van der Waals surface area contributed by atoms with Crippen LogP contribution >= 0.6 is 0 Å². The molecule has 0 unspecified atom stereocenters. The molecule has 1 aromatic carbocycles. The van der Waals surface area contributed by atoms with Crippen molar-refractivity contribution in [1.29, 1.82) is 0 Å². The number of anilines is 1. The predicted octanol–water partition coefficient (Wildman–Crippen LogP) is 5.16. The van der Waals surface area contributed by atoms with Crippen molar-refractivity contribution in [3.8, 4) is 11.5 Å². The minimum Gasteiger partial charge on any atom is -0.453 e. The molecule has 0 atom stereocenters. The second-order valence-electron chi connectivity index (χ2n) is 5.97. The summed E-state index contributed by atoms with van der Waals surface area (Å²) in [4.78, 5) is 3.54. The van der Waals surface area contributed by atoms with E-state index in [0.29, 0.717) is 11.9 Å². The second kappa shape index (κ2) is 6.10. The van der Waals surface area contributed by atoms with Crippen LogP contribution in [0.25, 0.3) is 0 Å². The van der Waals surface area contributed by atoms with Gasteiger partial charge in [-0.2, -0.15) is 13.2 Å². The van der Waals surface area contributed by atoms with Gasteiger partial charge in [-0.25, -0.2) is 4.98 Å². The first-order valence-corrected chi connectivity index (χ1v) is 7.24. The molecule has 0 spiro atoms. The summed E-state index contributed by atoms with van der Waals surface area (Å²) < 4.78 is 43.6. The minimum absolute atomic E-state index is 0.0231. The van der Waals surface area contributed by atoms with Gasteiger partial charge in [-0.1, -0.05) is 32.9 Å². The van der Waals surface area contributed by atoms with E-state index in [1.165, 1.54) is 0 Å². The molecule has 0 aliphatic carbocycles. The van der Waals surface area contributed by atoms with Gasteiger partial charge in [0.2, 0.25) is 0 Å². The third-order valence-electron chi connectivity index (χ3n) is 3.96. The maximum absolute atomic E-state index is 12.7. The highest BCUT2D eigenvalue weighted by Crippen LogP contribution is 2.35. The van der Waals surface area contributed by atoms with Gasteiger partial charge in [-0.05, 0) is 35.6 Å². The van der Waals surface area contributed by atoms with E-state index in [4.69, 9.17) is 10.5 Å². The van der Waals surface area contributed by atoms with E-state index in [2.05, 4.69) is 25.8 Å². The van der Waals surface area contributed by atoms with Crippen LogP contribution in [0, 0.1) is 0 Å². The molecule has 3 nitrogen and oxygen atoms in total. The van der Waals surface area contributed by atoms with Crippen LogP contribution < -0.4 is 10.5 Å². The van der Waals surface area contributed by atoms with Gasteiger partial charge in [0.15, 0.2) is 11.6 Å². The van der Waals surface area contributed by atoms with Crippen molar-refractivity contribution >= 4 is 5.82 Å². The van der Waals surface area contributed by atoms with E-state index in [1.54, 1.807) is 12.1 Å². The van der Waals surface area contributed by atoms with Gasteiger partial charge in [0.25, 0.3) is 0 Å². The van der Waals surface area contributed by atoms with Crippen molar-refractivity contribution in [3.63, 3.8) is 0 Å². The lowest BCUT2D eigenvalue weighted by atomic mass is 9.82. The fourth-order valence-electron chi connectivity index (χ4n) is 2.00. The standard InChI is InChI=1S/C17H19F3N2O/c1-4-16(2,3)11-5-7-13(8-6-11)23-14-9-12(17(18,19)20)10-22-15(14)21/h5-10H,4H2,1-3H3,(H2,21,22). The highest BCUT2D eigenvalue weighted by atomic mass is 19.4. The molecule has 0 amide bonds. The number of hydrogen-bond donors (Lipinski definition) is 1. The van der Waals surface area contributed by atoms with Gasteiger partial charge < -0.3 is 10.5 Å². The molecule has 0 bridgehead atoms. The normalized spacial score (nSPS) is 12.3. The molecule has 6 heteroatoms. The van der Waals surface area contributed by atoms with Crippen LogP contribution in [0.4, 0.5) is 19.0 Å². The maximum atomic E-state index is 12.7. The number of nitrogens with two attached hydrogens (primary N) is 1. The molecule has 2 rings (SSSR count). The van der Waals surface area contributed by atoms with E-state index in [-0.39, 0.29) is 17.0 Å². The Labute approximate surface area is 133 Å². The zero-order valence-corrected chi connectivity index (χ0v) is 13.2. The number of nitrogens with zero attached hydrogens (tertiary/aromatic N) is 1. The molecule has 0 aliphatic rings. The van der Waals surface area contributed by atoms with Crippen LogP contribution in [0.15, 0.2) is 36.5 Å². The van der Waals surface area contributed by atoms with E-state index in [0.717, 1.165) is 18.1 Å². The molecule has 124 valence electrons. The highest BCUT2D eigenvalue weighted by molar-refractivity contribution is 5.50. The fraction of sp³-hybridized carbons (Fsp3) is 0.353. The Morgan fingerprint density at radius 2 is 1.70 bits per heavy atom. The monoisotopic (exact) mass is 324 g/mol. The van der Waals surface area contributed by atoms with Gasteiger partial charge in [0.1, 0.15) is 5.75 Å². The Balaban J connectivity index is 2.26. The largest absolute Gasteiger partial charge is 0.453 e. The number of rotatable bonds is 4. The number of benzene rings is 1. The van der Waals surface area contributed by atoms with Gasteiger partial charge in [0, 0.05) is 6.20 Å². The number of halogens is 3. The molecule has 0 saturated carbocycles. The molecule has 0 fully saturated rings. The smallest absolute Gasteiger partial charge is 0.418 e. The molecule has 0 saturated heterocycles. The summed E-state index contributed by atoms with van der Waals surface area (Å²) in [6, 6.07) is 8.08. The zero-order valence-electron chi connectivity index (χ0n) is 13.2. The van der Waals surface area contributed by atoms with Crippen LogP contribution in [-0.2, 0) is 11.6 Å². The molecule has 2 N–H and O–H groups in total. The highest BCUT2D eigenvalue weighted by Gasteiger charge is 2.32. The molecular weight excluding hydrogens is 305 g/mol. The summed E-state index contributed by atoms with van der Waals surface area (Å²) in [6.07, 6.45) is -2.83. The first-order chi connectivity index (χ1) is 10.6. The second-order valence-corrected chi connectivity index (χ2v) is 5.97. The Hall–Kier alpha value is -2.24. The third kappa shape index (κ3) is 3.94. The third-order valence-corrected chi connectivity index (χ3v) is 3.96. The number of pyridine rings is 1. The van der Waals surface area contributed by atoms with E-state index in [9.17, 15) is 13.2 Å². The zero-order chi connectivity index (χ0) is 17.3. The lowest BCUT2D eigenvalue weighted by Crippen LogP contribution is -2.14. The lowest BCUT2D eigenvalue weighted by molar-refractivity contribution is -0.137. The summed E-state index contributed by atoms with van der Waals surface area (Å²) in [5.41, 5.74) is 5.85. The van der Waals surface area contributed by atoms with Gasteiger partial charge in [-0.3, -0.25) is 0 Å². The first kappa shape index (κ1) is 17.1. The van der Waals surface area contributed by atoms with Crippen molar-refractivity contribution in [2.24, 2.45) is 0 Å². The molecule has 2 aromatic rings. The average molecular weight is 324 g/mol.